The molecule has 2 rings (SSSR count). The lowest BCUT2D eigenvalue weighted by molar-refractivity contribution is -0.145. The number of carboxylic acids is 1. The highest BCUT2D eigenvalue weighted by Crippen LogP contribution is 2.33. The SMILES string of the molecule is O=C(O)[C@H]1CCC[C@@H]1C(=O)Cc1ccccc1. The second-order valence-electron chi connectivity index (χ2n) is 4.61. The van der Waals surface area contributed by atoms with E-state index in [2.05, 4.69) is 0 Å². The van der Waals surface area contributed by atoms with Crippen molar-refractivity contribution in [2.45, 2.75) is 25.7 Å². The first kappa shape index (κ1) is 11.8. The number of carbonyl (C=O) groups excluding carboxylic acids is 1. The quantitative estimate of drug-likeness (QED) is 0.866. The van der Waals surface area contributed by atoms with Crippen molar-refractivity contribution in [1.82, 2.24) is 0 Å². The monoisotopic (exact) mass is 232 g/mol. The highest BCUT2D eigenvalue weighted by atomic mass is 16.4. The summed E-state index contributed by atoms with van der Waals surface area (Å²) in [5.74, 6) is -1.51. The molecule has 1 fully saturated rings. The first-order valence-corrected chi connectivity index (χ1v) is 5.98. The summed E-state index contributed by atoms with van der Waals surface area (Å²) in [7, 11) is 0. The molecule has 0 unspecified atom stereocenters. The molecule has 1 saturated carbocycles. The molecule has 1 aliphatic carbocycles. The van der Waals surface area contributed by atoms with E-state index >= 15 is 0 Å². The fourth-order valence-electron chi connectivity index (χ4n) is 2.57. The largest absolute Gasteiger partial charge is 0.481 e. The summed E-state index contributed by atoms with van der Waals surface area (Å²) < 4.78 is 0. The number of hydrogen-bond acceptors (Lipinski definition) is 2. The average molecular weight is 232 g/mol. The first-order valence-electron chi connectivity index (χ1n) is 5.98. The number of benzene rings is 1. The van der Waals surface area contributed by atoms with Gasteiger partial charge in [-0.15, -0.1) is 0 Å². The predicted molar refractivity (Wildman–Crippen MR) is 63.6 cm³/mol. The minimum atomic E-state index is -0.825. The van der Waals surface area contributed by atoms with E-state index in [9.17, 15) is 9.59 Å². The molecule has 3 nitrogen and oxygen atoms in total. The molecule has 17 heavy (non-hydrogen) atoms. The summed E-state index contributed by atoms with van der Waals surface area (Å²) in [5.41, 5.74) is 0.966. The molecule has 1 aromatic rings. The lowest BCUT2D eigenvalue weighted by Crippen LogP contribution is -2.26. The van der Waals surface area contributed by atoms with Crippen molar-refractivity contribution in [3.05, 3.63) is 35.9 Å². The summed E-state index contributed by atoms with van der Waals surface area (Å²) in [6, 6.07) is 9.51. The molecule has 1 aromatic carbocycles. The van der Waals surface area contributed by atoms with Gasteiger partial charge in [-0.1, -0.05) is 36.8 Å². The standard InChI is InChI=1S/C14H16O3/c15-13(9-10-5-2-1-3-6-10)11-7-4-8-12(11)14(16)17/h1-3,5-6,11-12H,4,7-9H2,(H,16,17)/t11-,12-/m0/s1. The summed E-state index contributed by atoms with van der Waals surface area (Å²) in [5, 5.41) is 9.05. The zero-order valence-electron chi connectivity index (χ0n) is 9.63. The van der Waals surface area contributed by atoms with Gasteiger partial charge >= 0.3 is 5.97 Å². The van der Waals surface area contributed by atoms with Crippen molar-refractivity contribution in [2.75, 3.05) is 0 Å². The Hall–Kier alpha value is -1.64. The number of Topliss-reactive ketones (excluding diaryl/α,β-unsaturated/α-hetero) is 1. The number of ketones is 1. The van der Waals surface area contributed by atoms with Crippen LogP contribution in [0.2, 0.25) is 0 Å². The topological polar surface area (TPSA) is 54.4 Å². The second kappa shape index (κ2) is 5.13. The van der Waals surface area contributed by atoms with Gasteiger partial charge in [0.2, 0.25) is 0 Å². The van der Waals surface area contributed by atoms with E-state index in [4.69, 9.17) is 5.11 Å². The number of carbonyl (C=O) groups is 2. The van der Waals surface area contributed by atoms with E-state index in [-0.39, 0.29) is 11.7 Å². The molecule has 0 amide bonds. The Kier molecular flexibility index (Phi) is 3.57. The van der Waals surface area contributed by atoms with Gasteiger partial charge in [-0.3, -0.25) is 9.59 Å². The Morgan fingerprint density at radius 3 is 2.41 bits per heavy atom. The van der Waals surface area contributed by atoms with E-state index in [1.807, 2.05) is 30.3 Å². The minimum Gasteiger partial charge on any atom is -0.481 e. The van der Waals surface area contributed by atoms with Crippen LogP contribution >= 0.6 is 0 Å². The highest BCUT2D eigenvalue weighted by molar-refractivity contribution is 5.88. The van der Waals surface area contributed by atoms with Crippen LogP contribution in [-0.2, 0) is 16.0 Å². The Morgan fingerprint density at radius 2 is 1.76 bits per heavy atom. The summed E-state index contributed by atoms with van der Waals surface area (Å²) in [6.07, 6.45) is 2.57. The number of hydrogen-bond donors (Lipinski definition) is 1. The van der Waals surface area contributed by atoms with Crippen LogP contribution in [0.3, 0.4) is 0 Å². The number of aliphatic carboxylic acids is 1. The van der Waals surface area contributed by atoms with E-state index in [0.29, 0.717) is 12.8 Å². The third kappa shape index (κ3) is 2.73. The summed E-state index contributed by atoms with van der Waals surface area (Å²) in [4.78, 5) is 23.1. The fraction of sp³-hybridized carbons (Fsp3) is 0.429. The Balaban J connectivity index is 2.03. The Morgan fingerprint density at radius 1 is 1.12 bits per heavy atom. The molecule has 2 atom stereocenters. The highest BCUT2D eigenvalue weighted by Gasteiger charge is 2.37. The van der Waals surface area contributed by atoms with Gasteiger partial charge in [-0.25, -0.2) is 0 Å². The molecule has 0 saturated heterocycles. The van der Waals surface area contributed by atoms with Gasteiger partial charge in [0.25, 0.3) is 0 Å². The molecule has 0 aromatic heterocycles. The summed E-state index contributed by atoms with van der Waals surface area (Å²) in [6.45, 7) is 0. The molecular weight excluding hydrogens is 216 g/mol. The molecule has 0 aliphatic heterocycles. The third-order valence-electron chi connectivity index (χ3n) is 3.47. The van der Waals surface area contributed by atoms with Crippen LogP contribution in [0.15, 0.2) is 30.3 Å². The number of carboxylic acid groups (broad SMARTS) is 1. The molecule has 0 heterocycles. The maximum atomic E-state index is 12.1. The van der Waals surface area contributed by atoms with Gasteiger partial charge < -0.3 is 5.11 Å². The zero-order chi connectivity index (χ0) is 12.3. The Labute approximate surface area is 100 Å². The predicted octanol–water partition coefficient (Wildman–Crippen LogP) is 2.30. The maximum absolute atomic E-state index is 12.1. The Bertz CT molecular complexity index is 411. The molecule has 3 heteroatoms. The molecular formula is C14H16O3. The van der Waals surface area contributed by atoms with Crippen LogP contribution in [0.5, 0.6) is 0 Å². The van der Waals surface area contributed by atoms with Gasteiger partial charge in [-0.05, 0) is 18.4 Å². The molecule has 90 valence electrons. The van der Waals surface area contributed by atoms with Crippen LogP contribution in [0, 0.1) is 11.8 Å². The lowest BCUT2D eigenvalue weighted by atomic mass is 9.89. The van der Waals surface area contributed by atoms with E-state index in [1.165, 1.54) is 0 Å². The molecule has 0 bridgehead atoms. The molecule has 1 N–H and O–H groups in total. The third-order valence-corrected chi connectivity index (χ3v) is 3.47. The van der Waals surface area contributed by atoms with E-state index < -0.39 is 11.9 Å². The smallest absolute Gasteiger partial charge is 0.307 e. The van der Waals surface area contributed by atoms with E-state index in [0.717, 1.165) is 18.4 Å². The van der Waals surface area contributed by atoms with Crippen molar-refractivity contribution in [3.63, 3.8) is 0 Å². The average Bonchev–Trinajstić information content (AvgIpc) is 2.79. The van der Waals surface area contributed by atoms with Gasteiger partial charge in [0.15, 0.2) is 0 Å². The summed E-state index contributed by atoms with van der Waals surface area (Å²) >= 11 is 0. The lowest BCUT2D eigenvalue weighted by Gasteiger charge is -2.14. The van der Waals surface area contributed by atoms with Crippen molar-refractivity contribution in [1.29, 1.82) is 0 Å². The normalized spacial score (nSPS) is 23.5. The molecule has 0 radical (unpaired) electrons. The molecule has 1 aliphatic rings. The van der Waals surface area contributed by atoms with E-state index in [1.54, 1.807) is 0 Å². The van der Waals surface area contributed by atoms with Crippen LogP contribution in [0.1, 0.15) is 24.8 Å². The zero-order valence-corrected chi connectivity index (χ0v) is 9.63. The van der Waals surface area contributed by atoms with Crippen LogP contribution in [0.4, 0.5) is 0 Å². The van der Waals surface area contributed by atoms with Gasteiger partial charge in [0.05, 0.1) is 5.92 Å². The van der Waals surface area contributed by atoms with Crippen molar-refractivity contribution in [2.24, 2.45) is 11.8 Å². The van der Waals surface area contributed by atoms with Crippen LogP contribution < -0.4 is 0 Å². The van der Waals surface area contributed by atoms with Crippen molar-refractivity contribution >= 4 is 11.8 Å². The molecule has 0 spiro atoms. The van der Waals surface area contributed by atoms with Gasteiger partial charge in [-0.2, -0.15) is 0 Å². The van der Waals surface area contributed by atoms with Crippen LogP contribution in [-0.4, -0.2) is 16.9 Å². The van der Waals surface area contributed by atoms with Crippen molar-refractivity contribution < 1.29 is 14.7 Å². The first-order chi connectivity index (χ1) is 8.18. The second-order valence-corrected chi connectivity index (χ2v) is 4.61. The van der Waals surface area contributed by atoms with Crippen LogP contribution in [0.25, 0.3) is 0 Å². The van der Waals surface area contributed by atoms with Crippen molar-refractivity contribution in [3.8, 4) is 0 Å². The maximum Gasteiger partial charge on any atom is 0.307 e. The fourth-order valence-corrected chi connectivity index (χ4v) is 2.57. The van der Waals surface area contributed by atoms with Gasteiger partial charge in [0.1, 0.15) is 5.78 Å². The number of rotatable bonds is 4. The van der Waals surface area contributed by atoms with Gasteiger partial charge in [0, 0.05) is 12.3 Å². The minimum absolute atomic E-state index is 0.0705.